The minimum atomic E-state index is -4.47. The lowest BCUT2D eigenvalue weighted by molar-refractivity contribution is -0.137. The van der Waals surface area contributed by atoms with E-state index in [2.05, 4.69) is 26.6 Å². The van der Waals surface area contributed by atoms with Crippen LogP contribution >= 0.6 is 15.9 Å². The number of amides is 3. The highest BCUT2D eigenvalue weighted by molar-refractivity contribution is 9.10. The average Bonchev–Trinajstić information content (AvgIpc) is 3.12. The molecule has 2 aromatic carbocycles. The quantitative estimate of drug-likeness (QED) is 0.600. The Balaban J connectivity index is 1.45. The standard InChI is InChI=1S/C21H19BrF3N3O3/c22-16-3-1-2-4-17(16)28-12-14(11-18(28)29)20(31)27-10-9-26-19(30)13-5-7-15(8-6-13)21(23,24)25/h1-8,14H,9-12H2,(H,26,30)(H,27,31). The molecular formula is C21H19BrF3N3O3. The lowest BCUT2D eigenvalue weighted by Crippen LogP contribution is -2.38. The van der Waals surface area contributed by atoms with E-state index in [1.54, 1.807) is 17.0 Å². The number of benzene rings is 2. The van der Waals surface area contributed by atoms with Crippen molar-refractivity contribution < 1.29 is 27.6 Å². The Kier molecular flexibility index (Phi) is 6.99. The first-order valence-corrected chi connectivity index (χ1v) is 10.2. The van der Waals surface area contributed by atoms with Crippen molar-refractivity contribution in [1.82, 2.24) is 10.6 Å². The summed E-state index contributed by atoms with van der Waals surface area (Å²) < 4.78 is 38.5. The smallest absolute Gasteiger partial charge is 0.354 e. The number of hydrogen-bond donors (Lipinski definition) is 2. The van der Waals surface area contributed by atoms with Crippen molar-refractivity contribution in [1.29, 1.82) is 0 Å². The third kappa shape index (κ3) is 5.63. The van der Waals surface area contributed by atoms with Gasteiger partial charge in [0, 0.05) is 36.1 Å². The maximum absolute atomic E-state index is 12.6. The Labute approximate surface area is 184 Å². The highest BCUT2D eigenvalue weighted by Crippen LogP contribution is 2.31. The number of para-hydroxylation sites is 1. The van der Waals surface area contributed by atoms with Crippen molar-refractivity contribution in [3.05, 3.63) is 64.1 Å². The van der Waals surface area contributed by atoms with Gasteiger partial charge in [-0.05, 0) is 52.3 Å². The summed E-state index contributed by atoms with van der Waals surface area (Å²) >= 11 is 3.40. The van der Waals surface area contributed by atoms with Crippen LogP contribution in [-0.2, 0) is 15.8 Å². The summed E-state index contributed by atoms with van der Waals surface area (Å²) in [6.07, 6.45) is -4.38. The molecule has 0 aromatic heterocycles. The van der Waals surface area contributed by atoms with Gasteiger partial charge in [0.05, 0.1) is 17.2 Å². The average molecular weight is 498 g/mol. The fourth-order valence-corrected chi connectivity index (χ4v) is 3.70. The highest BCUT2D eigenvalue weighted by atomic mass is 79.9. The topological polar surface area (TPSA) is 78.5 Å². The Bertz CT molecular complexity index is 980. The van der Waals surface area contributed by atoms with Gasteiger partial charge in [0.15, 0.2) is 0 Å². The van der Waals surface area contributed by atoms with Gasteiger partial charge in [-0.15, -0.1) is 0 Å². The Morgan fingerprint density at radius 2 is 1.68 bits per heavy atom. The second kappa shape index (κ2) is 9.51. The van der Waals surface area contributed by atoms with Crippen LogP contribution in [0.15, 0.2) is 53.0 Å². The van der Waals surface area contributed by atoms with Crippen molar-refractivity contribution in [2.75, 3.05) is 24.5 Å². The van der Waals surface area contributed by atoms with Crippen LogP contribution in [0.2, 0.25) is 0 Å². The van der Waals surface area contributed by atoms with Crippen molar-refractivity contribution in [2.45, 2.75) is 12.6 Å². The van der Waals surface area contributed by atoms with Gasteiger partial charge < -0.3 is 15.5 Å². The molecule has 2 N–H and O–H groups in total. The molecule has 31 heavy (non-hydrogen) atoms. The van der Waals surface area contributed by atoms with Crippen LogP contribution in [0.1, 0.15) is 22.3 Å². The maximum Gasteiger partial charge on any atom is 0.416 e. The minimum Gasteiger partial charge on any atom is -0.354 e. The van der Waals surface area contributed by atoms with Gasteiger partial charge in [-0.25, -0.2) is 0 Å². The molecule has 1 saturated heterocycles. The second-order valence-electron chi connectivity index (χ2n) is 6.98. The molecule has 1 heterocycles. The summed E-state index contributed by atoms with van der Waals surface area (Å²) in [6.45, 7) is 0.482. The van der Waals surface area contributed by atoms with Crippen LogP contribution in [0, 0.1) is 5.92 Å². The molecule has 1 fully saturated rings. The van der Waals surface area contributed by atoms with Crippen molar-refractivity contribution >= 4 is 39.3 Å². The van der Waals surface area contributed by atoms with E-state index in [1.807, 2.05) is 12.1 Å². The molecule has 0 spiro atoms. The van der Waals surface area contributed by atoms with Gasteiger partial charge in [0.1, 0.15) is 0 Å². The molecule has 1 aliphatic rings. The number of alkyl halides is 3. The molecule has 0 saturated carbocycles. The lowest BCUT2D eigenvalue weighted by atomic mass is 10.1. The van der Waals surface area contributed by atoms with Gasteiger partial charge in [-0.2, -0.15) is 13.2 Å². The van der Waals surface area contributed by atoms with Crippen molar-refractivity contribution in [3.63, 3.8) is 0 Å². The molecular weight excluding hydrogens is 479 g/mol. The maximum atomic E-state index is 12.6. The Morgan fingerprint density at radius 1 is 1.03 bits per heavy atom. The third-order valence-electron chi connectivity index (χ3n) is 4.82. The summed E-state index contributed by atoms with van der Waals surface area (Å²) in [5.41, 5.74) is -0.0459. The predicted octanol–water partition coefficient (Wildman–Crippen LogP) is 3.37. The van der Waals surface area contributed by atoms with Crippen LogP contribution < -0.4 is 15.5 Å². The molecule has 2 aromatic rings. The molecule has 6 nitrogen and oxygen atoms in total. The Hall–Kier alpha value is -2.88. The summed E-state index contributed by atoms with van der Waals surface area (Å²) in [5, 5.41) is 5.21. The summed E-state index contributed by atoms with van der Waals surface area (Å²) in [7, 11) is 0. The number of hydrogen-bond acceptors (Lipinski definition) is 3. The van der Waals surface area contributed by atoms with Crippen LogP contribution in [-0.4, -0.2) is 37.4 Å². The molecule has 10 heteroatoms. The number of anilines is 1. The molecule has 0 aliphatic carbocycles. The van der Waals surface area contributed by atoms with E-state index < -0.39 is 23.6 Å². The molecule has 3 rings (SSSR count). The normalized spacial score (nSPS) is 16.3. The first-order chi connectivity index (χ1) is 14.7. The van der Waals surface area contributed by atoms with E-state index in [9.17, 15) is 27.6 Å². The van der Waals surface area contributed by atoms with Gasteiger partial charge >= 0.3 is 6.18 Å². The molecule has 1 unspecified atom stereocenters. The van der Waals surface area contributed by atoms with Crippen LogP contribution in [0.4, 0.5) is 18.9 Å². The van der Waals surface area contributed by atoms with Gasteiger partial charge in [0.2, 0.25) is 11.8 Å². The van der Waals surface area contributed by atoms with E-state index >= 15 is 0 Å². The van der Waals surface area contributed by atoms with Gasteiger partial charge in [-0.1, -0.05) is 12.1 Å². The zero-order valence-electron chi connectivity index (χ0n) is 16.2. The highest BCUT2D eigenvalue weighted by Gasteiger charge is 2.35. The van der Waals surface area contributed by atoms with Gasteiger partial charge in [-0.3, -0.25) is 14.4 Å². The summed E-state index contributed by atoms with van der Waals surface area (Å²) in [6, 6.07) is 11.1. The molecule has 0 radical (unpaired) electrons. The van der Waals surface area contributed by atoms with E-state index in [-0.39, 0.29) is 43.4 Å². The molecule has 3 amide bonds. The van der Waals surface area contributed by atoms with Crippen LogP contribution in [0.25, 0.3) is 0 Å². The first kappa shape index (κ1) is 22.8. The summed E-state index contributed by atoms with van der Waals surface area (Å²) in [4.78, 5) is 38.3. The molecule has 1 atom stereocenters. The third-order valence-corrected chi connectivity index (χ3v) is 5.49. The largest absolute Gasteiger partial charge is 0.416 e. The molecule has 0 bridgehead atoms. The number of halogens is 4. The first-order valence-electron chi connectivity index (χ1n) is 9.45. The second-order valence-corrected chi connectivity index (χ2v) is 7.83. The predicted molar refractivity (Wildman–Crippen MR) is 111 cm³/mol. The van der Waals surface area contributed by atoms with Crippen molar-refractivity contribution in [3.8, 4) is 0 Å². The monoisotopic (exact) mass is 497 g/mol. The fraction of sp³-hybridized carbons (Fsp3) is 0.286. The number of rotatable bonds is 6. The Morgan fingerprint density at radius 3 is 2.32 bits per heavy atom. The SMILES string of the molecule is O=C(NCCNC(=O)C1CC(=O)N(c2ccccc2Br)C1)c1ccc(C(F)(F)F)cc1. The zero-order valence-corrected chi connectivity index (χ0v) is 17.8. The molecule has 164 valence electrons. The van der Waals surface area contributed by atoms with E-state index in [0.29, 0.717) is 5.69 Å². The van der Waals surface area contributed by atoms with Crippen LogP contribution in [0.5, 0.6) is 0 Å². The zero-order chi connectivity index (χ0) is 22.6. The number of nitrogens with one attached hydrogen (secondary N) is 2. The van der Waals surface area contributed by atoms with E-state index in [4.69, 9.17) is 0 Å². The minimum absolute atomic E-state index is 0.0878. The number of carbonyl (C=O) groups is 3. The van der Waals surface area contributed by atoms with E-state index in [0.717, 1.165) is 28.7 Å². The van der Waals surface area contributed by atoms with Gasteiger partial charge in [0.25, 0.3) is 5.91 Å². The van der Waals surface area contributed by atoms with Crippen molar-refractivity contribution in [2.24, 2.45) is 5.92 Å². The fourth-order valence-electron chi connectivity index (χ4n) is 3.21. The number of nitrogens with zero attached hydrogens (tertiary/aromatic N) is 1. The molecule has 1 aliphatic heterocycles. The van der Waals surface area contributed by atoms with Crippen LogP contribution in [0.3, 0.4) is 0 Å². The lowest BCUT2D eigenvalue weighted by Gasteiger charge is -2.18. The van der Waals surface area contributed by atoms with E-state index in [1.165, 1.54) is 0 Å². The summed E-state index contributed by atoms with van der Waals surface area (Å²) in [5.74, 6) is -1.50. The number of carbonyl (C=O) groups excluding carboxylic acids is 3.